The zero-order valence-electron chi connectivity index (χ0n) is 9.28. The van der Waals surface area contributed by atoms with Crippen molar-refractivity contribution < 1.29 is 85.5 Å². The Morgan fingerprint density at radius 2 is 0.316 bits per heavy atom. The number of hydrogen-bond acceptors (Lipinski definition) is 8. The molecule has 0 aliphatic heterocycles. The topological polar surface area (TPSA) is 190 Å². The average Bonchev–Trinajstić information content (AvgIpc) is 2.54. The third kappa shape index (κ3) is 1790. The Hall–Kier alpha value is -1.40. The first-order valence-corrected chi connectivity index (χ1v) is 1.79. The van der Waals surface area contributed by atoms with Gasteiger partial charge in [0.05, 0.1) is 0 Å². The normalized spacial score (nSPS) is 0.842. The molecule has 0 unspecified atom stereocenters. The summed E-state index contributed by atoms with van der Waals surface area (Å²) in [5.74, 6) is 0. The summed E-state index contributed by atoms with van der Waals surface area (Å²) in [5, 5.41) is 50.0. The van der Waals surface area contributed by atoms with Gasteiger partial charge in [-0.1, -0.05) is 0 Å². The van der Waals surface area contributed by atoms with E-state index in [4.69, 9.17) is 94.7 Å². The van der Waals surface area contributed by atoms with E-state index < -0.39 is 0 Å². The van der Waals surface area contributed by atoms with Crippen LogP contribution in [0.5, 0.6) is 0 Å². The third-order valence-corrected chi connectivity index (χ3v) is 0. The predicted molar refractivity (Wildman–Crippen MR) is 39.7 cm³/mol. The Balaban J connectivity index is -0.00000000418. The third-order valence-electron chi connectivity index (χ3n) is 0. The molecule has 0 bridgehead atoms. The molecule has 0 spiro atoms. The molecule has 0 saturated carbocycles. The summed E-state index contributed by atoms with van der Waals surface area (Å²) in [6.45, 7) is 38.0. The minimum Gasteiger partial charge on any atom is -0.512 e. The van der Waals surface area contributed by atoms with E-state index in [1.54, 1.807) is 0 Å². The van der Waals surface area contributed by atoms with Gasteiger partial charge in [-0.05, 0) is 0 Å². The second kappa shape index (κ2) is 2050. The molecular formula is C8Fe2KN8. The van der Waals surface area contributed by atoms with Gasteiger partial charge in [-0.3, -0.25) is 0 Å². The maximum atomic E-state index is 6.25. The van der Waals surface area contributed by atoms with Crippen molar-refractivity contribution in [2.75, 3.05) is 0 Å². The monoisotopic (exact) mass is 359 g/mol. The summed E-state index contributed by atoms with van der Waals surface area (Å²) in [7, 11) is 0. The van der Waals surface area contributed by atoms with E-state index in [0.29, 0.717) is 0 Å². The molecule has 89 valence electrons. The molecule has 0 fully saturated rings. The van der Waals surface area contributed by atoms with Crippen LogP contribution in [0.1, 0.15) is 0 Å². The van der Waals surface area contributed by atoms with Gasteiger partial charge in [-0.15, -0.1) is 0 Å². The second-order valence-corrected chi connectivity index (χ2v) is 0. The summed E-state index contributed by atoms with van der Waals surface area (Å²) in [6, 6.07) is 0. The van der Waals surface area contributed by atoms with E-state index in [-0.39, 0.29) is 85.5 Å². The van der Waals surface area contributed by atoms with Crippen molar-refractivity contribution >= 4 is 0 Å². The Morgan fingerprint density at radius 3 is 0.316 bits per heavy atom. The van der Waals surface area contributed by atoms with E-state index in [0.717, 1.165) is 0 Å². The first-order chi connectivity index (χ1) is 8.00. The Morgan fingerprint density at radius 1 is 0.316 bits per heavy atom. The van der Waals surface area contributed by atoms with Crippen LogP contribution in [0.4, 0.5) is 0 Å². The average molecular weight is 359 g/mol. The predicted octanol–water partition coefficient (Wildman–Crippen LogP) is -2.23. The summed E-state index contributed by atoms with van der Waals surface area (Å²) >= 11 is 0. The van der Waals surface area contributed by atoms with Crippen molar-refractivity contribution in [2.45, 2.75) is 0 Å². The van der Waals surface area contributed by atoms with Crippen molar-refractivity contribution in [3.05, 3.63) is 52.6 Å². The van der Waals surface area contributed by atoms with Crippen LogP contribution in [0.25, 0.3) is 0 Å². The van der Waals surface area contributed by atoms with Gasteiger partial charge in [0.15, 0.2) is 0 Å². The largest absolute Gasteiger partial charge is 5.00 e. The van der Waals surface area contributed by atoms with Crippen molar-refractivity contribution in [3.8, 4) is 0 Å². The zero-order valence-corrected chi connectivity index (χ0v) is 14.6. The van der Waals surface area contributed by atoms with Crippen LogP contribution in [0, 0.1) is 94.7 Å². The fourth-order valence-corrected chi connectivity index (χ4v) is 0. The van der Waals surface area contributed by atoms with E-state index >= 15 is 0 Å². The standard InChI is InChI=1S/8CN.2Fe.K/c8*1-2;;;/q8*-1;+2;+5;+1. The van der Waals surface area contributed by atoms with Gasteiger partial charge in [0.1, 0.15) is 0 Å². The minimum atomic E-state index is 0. The first kappa shape index (κ1) is 111. The molecule has 0 heterocycles. The summed E-state index contributed by atoms with van der Waals surface area (Å²) in [6.07, 6.45) is 0. The molecule has 0 saturated heterocycles. The van der Waals surface area contributed by atoms with Crippen LogP contribution in [-0.4, -0.2) is 0 Å². The maximum Gasteiger partial charge on any atom is 5.00 e. The van der Waals surface area contributed by atoms with Crippen LogP contribution in [0.3, 0.4) is 0 Å². The van der Waals surface area contributed by atoms with Crippen molar-refractivity contribution in [1.29, 1.82) is 42.1 Å². The molecule has 0 amide bonds. The quantitative estimate of drug-likeness (QED) is 0.343. The second-order valence-electron chi connectivity index (χ2n) is 0. The smallest absolute Gasteiger partial charge is 0.512 e. The Labute approximate surface area is 178 Å². The first-order valence-electron chi connectivity index (χ1n) is 1.79. The van der Waals surface area contributed by atoms with Gasteiger partial charge in [-0.2, -0.15) is 0 Å². The molecule has 0 aliphatic rings. The fourth-order valence-electron chi connectivity index (χ4n) is 0. The van der Waals surface area contributed by atoms with Gasteiger partial charge in [0.25, 0.3) is 0 Å². The van der Waals surface area contributed by atoms with Gasteiger partial charge in [-0.25, -0.2) is 0 Å². The molecule has 8 nitrogen and oxygen atoms in total. The van der Waals surface area contributed by atoms with Gasteiger partial charge >= 0.3 is 85.5 Å². The molecule has 0 N–H and O–H groups in total. The van der Waals surface area contributed by atoms with Gasteiger partial charge in [0.2, 0.25) is 0 Å². The van der Waals surface area contributed by atoms with E-state index in [2.05, 4.69) is 0 Å². The van der Waals surface area contributed by atoms with Crippen molar-refractivity contribution in [2.24, 2.45) is 0 Å². The summed E-state index contributed by atoms with van der Waals surface area (Å²) < 4.78 is 0. The van der Waals surface area contributed by atoms with Crippen molar-refractivity contribution in [1.82, 2.24) is 0 Å². The van der Waals surface area contributed by atoms with Crippen LogP contribution in [0.15, 0.2) is 0 Å². The molecule has 0 aromatic heterocycles. The molecule has 11 heteroatoms. The minimum absolute atomic E-state index is 0. The van der Waals surface area contributed by atoms with Gasteiger partial charge in [0, 0.05) is 0 Å². The molecule has 0 aliphatic carbocycles. The number of hydrogen-bond donors (Lipinski definition) is 0. The Kier molecular flexibility index (Phi) is 12000. The zero-order chi connectivity index (χ0) is 16.0. The van der Waals surface area contributed by atoms with Crippen LogP contribution in [0.2, 0.25) is 0 Å². The van der Waals surface area contributed by atoms with E-state index in [9.17, 15) is 0 Å². The van der Waals surface area contributed by atoms with Crippen LogP contribution >= 0.6 is 0 Å². The maximum absolute atomic E-state index is 6.25. The van der Waals surface area contributed by atoms with Gasteiger partial charge < -0.3 is 94.7 Å². The molecule has 0 atom stereocenters. The summed E-state index contributed by atoms with van der Waals surface area (Å²) in [5.41, 5.74) is 0. The van der Waals surface area contributed by atoms with Crippen LogP contribution < -0.4 is 51.4 Å². The molecular weight excluding hydrogens is 359 g/mol. The Bertz CT molecular complexity index is 141. The van der Waals surface area contributed by atoms with Crippen LogP contribution in [-0.2, 0) is 34.1 Å². The SMILES string of the molecule is [C-]#N.[C-]#N.[C-]#N.[C-]#N.[C-]#N.[C-]#N.[C-]#N.[C-]#N.[Fe+2].[Fe+5].[K+]. The fraction of sp³-hybridized carbons (Fsp3) is 0. The van der Waals surface area contributed by atoms with Crippen molar-refractivity contribution in [3.63, 3.8) is 0 Å². The van der Waals surface area contributed by atoms with E-state index in [1.165, 1.54) is 0 Å². The molecule has 1 radical (unpaired) electrons. The summed E-state index contributed by atoms with van der Waals surface area (Å²) in [4.78, 5) is 0. The number of nitrogens with zero attached hydrogens (tertiary/aromatic N) is 8. The molecule has 0 rings (SSSR count). The molecule has 0 aromatic rings. The molecule has 0 aromatic carbocycles. The van der Waals surface area contributed by atoms with E-state index in [1.807, 2.05) is 0 Å². The number of rotatable bonds is 0. The molecule has 19 heavy (non-hydrogen) atoms.